The summed E-state index contributed by atoms with van der Waals surface area (Å²) in [5, 5.41) is 3.17. The normalized spacial score (nSPS) is 14.5. The second-order valence-electron chi connectivity index (χ2n) is 3.41. The molecule has 0 bridgehead atoms. The van der Waals surface area contributed by atoms with Crippen LogP contribution in [0.25, 0.3) is 0 Å². The van der Waals surface area contributed by atoms with Crippen LogP contribution in [0.3, 0.4) is 0 Å². The van der Waals surface area contributed by atoms with Crippen molar-refractivity contribution >= 4 is 22.6 Å². The minimum atomic E-state index is -0.746. The molecular formula is C9H16N4OS. The smallest absolute Gasteiger partial charge is 0.221 e. The number of rotatable bonds is 5. The van der Waals surface area contributed by atoms with Crippen LogP contribution in [0.5, 0.6) is 0 Å². The van der Waals surface area contributed by atoms with Crippen LogP contribution in [0.15, 0.2) is 12.3 Å². The lowest BCUT2D eigenvalue weighted by molar-refractivity contribution is 0.678. The molecule has 1 rings (SSSR count). The maximum absolute atomic E-state index is 10.9. The van der Waals surface area contributed by atoms with E-state index in [4.69, 9.17) is 5.73 Å². The molecule has 2 unspecified atom stereocenters. The summed E-state index contributed by atoms with van der Waals surface area (Å²) in [6.07, 6.45) is 4.15. The molecule has 0 fully saturated rings. The van der Waals surface area contributed by atoms with E-state index in [1.54, 1.807) is 18.5 Å². The molecule has 15 heavy (non-hydrogen) atoms. The molecule has 0 amide bonds. The van der Waals surface area contributed by atoms with Crippen LogP contribution in [0.4, 0.5) is 11.8 Å². The van der Waals surface area contributed by atoms with E-state index < -0.39 is 10.8 Å². The number of hydrogen-bond acceptors (Lipinski definition) is 5. The van der Waals surface area contributed by atoms with E-state index >= 15 is 0 Å². The van der Waals surface area contributed by atoms with Gasteiger partial charge in [0.25, 0.3) is 0 Å². The van der Waals surface area contributed by atoms with Crippen LogP contribution >= 0.6 is 0 Å². The average Bonchev–Trinajstić information content (AvgIpc) is 2.15. The third-order valence-corrected chi connectivity index (χ3v) is 2.72. The highest BCUT2D eigenvalue weighted by Gasteiger charge is 2.04. The Morgan fingerprint density at radius 2 is 2.40 bits per heavy atom. The zero-order valence-corrected chi connectivity index (χ0v) is 9.75. The van der Waals surface area contributed by atoms with E-state index in [1.807, 2.05) is 6.92 Å². The first-order valence-electron chi connectivity index (χ1n) is 4.73. The fourth-order valence-corrected chi connectivity index (χ4v) is 1.81. The molecule has 0 saturated heterocycles. The van der Waals surface area contributed by atoms with Crippen molar-refractivity contribution in [3.05, 3.63) is 12.3 Å². The monoisotopic (exact) mass is 228 g/mol. The molecule has 0 aliphatic heterocycles. The van der Waals surface area contributed by atoms with Crippen molar-refractivity contribution in [3.8, 4) is 0 Å². The summed E-state index contributed by atoms with van der Waals surface area (Å²) in [7, 11) is -0.746. The highest BCUT2D eigenvalue weighted by molar-refractivity contribution is 7.84. The molecule has 0 aromatic carbocycles. The zero-order chi connectivity index (χ0) is 11.3. The second kappa shape index (κ2) is 5.65. The van der Waals surface area contributed by atoms with Crippen molar-refractivity contribution in [2.75, 3.05) is 23.1 Å². The van der Waals surface area contributed by atoms with Gasteiger partial charge in [-0.3, -0.25) is 4.21 Å². The number of nitrogens with one attached hydrogen (secondary N) is 1. The molecule has 0 spiro atoms. The molecule has 0 radical (unpaired) electrons. The van der Waals surface area contributed by atoms with Crippen molar-refractivity contribution in [3.63, 3.8) is 0 Å². The lowest BCUT2D eigenvalue weighted by atomic mass is 10.2. The Balaban J connectivity index is 2.44. The van der Waals surface area contributed by atoms with Gasteiger partial charge < -0.3 is 11.1 Å². The van der Waals surface area contributed by atoms with Crippen molar-refractivity contribution in [1.82, 2.24) is 9.97 Å². The first-order chi connectivity index (χ1) is 7.08. The molecule has 0 aliphatic rings. The summed E-state index contributed by atoms with van der Waals surface area (Å²) in [6, 6.07) is 1.98. The van der Waals surface area contributed by atoms with Crippen LogP contribution in [-0.4, -0.2) is 32.2 Å². The Kier molecular flexibility index (Phi) is 4.48. The summed E-state index contributed by atoms with van der Waals surface area (Å²) in [4.78, 5) is 7.82. The van der Waals surface area contributed by atoms with Gasteiger partial charge in [-0.25, -0.2) is 4.98 Å². The van der Waals surface area contributed by atoms with E-state index in [9.17, 15) is 4.21 Å². The van der Waals surface area contributed by atoms with Gasteiger partial charge in [-0.15, -0.1) is 0 Å². The Labute approximate surface area is 92.0 Å². The fourth-order valence-electron chi connectivity index (χ4n) is 1.12. The van der Waals surface area contributed by atoms with Crippen LogP contribution in [0.1, 0.15) is 13.3 Å². The Morgan fingerprint density at radius 1 is 1.67 bits per heavy atom. The SMILES string of the molecule is CC(CCS(C)=O)Nc1ccnc(N)n1. The second-order valence-corrected chi connectivity index (χ2v) is 4.97. The molecular weight excluding hydrogens is 212 g/mol. The summed E-state index contributed by atoms with van der Waals surface area (Å²) in [5.41, 5.74) is 5.45. The Morgan fingerprint density at radius 3 is 3.00 bits per heavy atom. The lowest BCUT2D eigenvalue weighted by Gasteiger charge is -2.13. The van der Waals surface area contributed by atoms with Crippen LogP contribution in [-0.2, 0) is 10.8 Å². The van der Waals surface area contributed by atoms with Crippen molar-refractivity contribution in [2.45, 2.75) is 19.4 Å². The van der Waals surface area contributed by atoms with Gasteiger partial charge in [-0.05, 0) is 19.4 Å². The first kappa shape index (κ1) is 11.9. The van der Waals surface area contributed by atoms with Gasteiger partial charge in [0.15, 0.2) is 0 Å². The number of anilines is 2. The van der Waals surface area contributed by atoms with Crippen molar-refractivity contribution in [1.29, 1.82) is 0 Å². The molecule has 6 heteroatoms. The minimum Gasteiger partial charge on any atom is -0.368 e. The van der Waals surface area contributed by atoms with Crippen molar-refractivity contribution < 1.29 is 4.21 Å². The summed E-state index contributed by atoms with van der Waals surface area (Å²) in [6.45, 7) is 2.02. The number of nitrogen functional groups attached to an aromatic ring is 1. The number of nitrogens with zero attached hydrogens (tertiary/aromatic N) is 2. The molecule has 0 saturated carbocycles. The minimum absolute atomic E-state index is 0.225. The maximum Gasteiger partial charge on any atom is 0.221 e. The van der Waals surface area contributed by atoms with Gasteiger partial charge in [-0.2, -0.15) is 4.98 Å². The largest absolute Gasteiger partial charge is 0.368 e. The maximum atomic E-state index is 10.9. The predicted octanol–water partition coefficient (Wildman–Crippen LogP) is 0.628. The highest BCUT2D eigenvalue weighted by Crippen LogP contribution is 2.06. The van der Waals surface area contributed by atoms with Gasteiger partial charge in [0.05, 0.1) is 0 Å². The first-order valence-corrected chi connectivity index (χ1v) is 6.45. The Bertz CT molecular complexity index is 345. The standard InChI is InChI=1S/C9H16N4OS/c1-7(4-6-15(2)14)12-8-3-5-11-9(10)13-8/h3,5,7H,4,6H2,1-2H3,(H3,10,11,12,13). The summed E-state index contributed by atoms with van der Waals surface area (Å²) >= 11 is 0. The van der Waals surface area contributed by atoms with Gasteiger partial charge in [0.1, 0.15) is 5.82 Å². The number of aromatic nitrogens is 2. The number of hydrogen-bond donors (Lipinski definition) is 2. The van der Waals surface area contributed by atoms with Crippen LogP contribution in [0, 0.1) is 0 Å². The molecule has 84 valence electrons. The Hall–Kier alpha value is -1.17. The molecule has 2 atom stereocenters. The summed E-state index contributed by atoms with van der Waals surface area (Å²) in [5.74, 6) is 1.65. The zero-order valence-electron chi connectivity index (χ0n) is 8.93. The third-order valence-electron chi connectivity index (χ3n) is 1.91. The van der Waals surface area contributed by atoms with E-state index in [0.717, 1.165) is 6.42 Å². The van der Waals surface area contributed by atoms with Gasteiger partial charge in [0.2, 0.25) is 5.95 Å². The lowest BCUT2D eigenvalue weighted by Crippen LogP contribution is -2.18. The summed E-state index contributed by atoms with van der Waals surface area (Å²) < 4.78 is 10.9. The van der Waals surface area contributed by atoms with Gasteiger partial charge >= 0.3 is 0 Å². The van der Waals surface area contributed by atoms with Crippen LogP contribution < -0.4 is 11.1 Å². The predicted molar refractivity (Wildman–Crippen MR) is 63.1 cm³/mol. The highest BCUT2D eigenvalue weighted by atomic mass is 32.2. The van der Waals surface area contributed by atoms with Gasteiger partial charge in [-0.1, -0.05) is 0 Å². The molecule has 1 aromatic heterocycles. The fraction of sp³-hybridized carbons (Fsp3) is 0.556. The van der Waals surface area contributed by atoms with E-state index in [2.05, 4.69) is 15.3 Å². The van der Waals surface area contributed by atoms with E-state index in [-0.39, 0.29) is 12.0 Å². The average molecular weight is 228 g/mol. The topological polar surface area (TPSA) is 80.9 Å². The van der Waals surface area contributed by atoms with E-state index in [0.29, 0.717) is 11.6 Å². The molecule has 1 heterocycles. The quantitative estimate of drug-likeness (QED) is 0.772. The third kappa shape index (κ3) is 4.73. The van der Waals surface area contributed by atoms with Gasteiger partial charge in [0, 0.05) is 35.0 Å². The molecule has 0 aliphatic carbocycles. The van der Waals surface area contributed by atoms with Crippen LogP contribution in [0.2, 0.25) is 0 Å². The molecule has 1 aromatic rings. The molecule has 3 N–H and O–H groups in total. The van der Waals surface area contributed by atoms with Crippen molar-refractivity contribution in [2.24, 2.45) is 0 Å². The number of nitrogens with two attached hydrogens (primary N) is 1. The van der Waals surface area contributed by atoms with E-state index in [1.165, 1.54) is 0 Å². The molecule has 5 nitrogen and oxygen atoms in total.